The van der Waals surface area contributed by atoms with Crippen LogP contribution in [0.5, 0.6) is 0 Å². The molecule has 1 saturated heterocycles. The maximum absolute atomic E-state index is 13.1. The van der Waals surface area contributed by atoms with Gasteiger partial charge in [-0.05, 0) is 67.2 Å². The third-order valence-electron chi connectivity index (χ3n) is 7.21. The van der Waals surface area contributed by atoms with Crippen molar-refractivity contribution in [1.29, 1.82) is 0 Å². The minimum Gasteiger partial charge on any atom is -0.444 e. The maximum Gasteiger partial charge on any atom is 0.410 e. The van der Waals surface area contributed by atoms with E-state index in [1.54, 1.807) is 32.9 Å². The first-order valence-electron chi connectivity index (χ1n) is 14.6. The summed E-state index contributed by atoms with van der Waals surface area (Å²) in [4.78, 5) is 41.6. The Kier molecular flexibility index (Phi) is 10.5. The van der Waals surface area contributed by atoms with Gasteiger partial charge in [-0.15, -0.1) is 0 Å². The highest BCUT2D eigenvalue weighted by atomic mass is 32.2. The lowest BCUT2D eigenvalue weighted by molar-refractivity contribution is -0.387. The van der Waals surface area contributed by atoms with Gasteiger partial charge in [0.2, 0.25) is 5.91 Å². The van der Waals surface area contributed by atoms with Crippen molar-refractivity contribution in [3.05, 3.63) is 94.0 Å². The van der Waals surface area contributed by atoms with Gasteiger partial charge in [-0.2, -0.15) is 0 Å². The first-order valence-corrected chi connectivity index (χ1v) is 15.4. The number of benzene rings is 3. The molecule has 9 nitrogen and oxygen atoms in total. The van der Waals surface area contributed by atoms with E-state index in [2.05, 4.69) is 26.0 Å². The van der Waals surface area contributed by atoms with Crippen LogP contribution in [0.2, 0.25) is 0 Å². The van der Waals surface area contributed by atoms with Gasteiger partial charge in [-0.1, -0.05) is 74.1 Å². The number of carbonyl (C=O) groups excluding carboxylic acids is 2. The van der Waals surface area contributed by atoms with Gasteiger partial charge in [0.15, 0.2) is 0 Å². The standard InChI is InChI=1S/C34H39N3O6S/c1-23(2)26-10-6-7-11-27(26)28-12-8-9-13-30(28)44-31-16-14-24(20-29(31)37(41)42)15-17-32(39)36-19-18-35(21-25(36)22-38)33(40)43-34(3,4)5/h6-17,20,23,25,38H,18-19,21-22H2,1-5H3/b17-15+. The normalized spacial score (nSPS) is 15.6. The largest absolute Gasteiger partial charge is 0.444 e. The number of hydrogen-bond donors (Lipinski definition) is 1. The van der Waals surface area contributed by atoms with Crippen LogP contribution in [0.25, 0.3) is 17.2 Å². The number of nitro benzene ring substituents is 1. The predicted octanol–water partition coefficient (Wildman–Crippen LogP) is 6.99. The van der Waals surface area contributed by atoms with Crippen molar-refractivity contribution in [2.45, 2.75) is 62.0 Å². The van der Waals surface area contributed by atoms with E-state index < -0.39 is 22.7 Å². The van der Waals surface area contributed by atoms with Crippen molar-refractivity contribution in [3.8, 4) is 11.1 Å². The zero-order chi connectivity index (χ0) is 32.0. The van der Waals surface area contributed by atoms with Gasteiger partial charge < -0.3 is 19.6 Å². The second kappa shape index (κ2) is 14.1. The molecule has 4 rings (SSSR count). The molecule has 0 spiro atoms. The molecule has 1 aliphatic heterocycles. The van der Waals surface area contributed by atoms with Crippen molar-refractivity contribution in [2.75, 3.05) is 26.2 Å². The number of amides is 2. The lowest BCUT2D eigenvalue weighted by Gasteiger charge is -2.40. The molecule has 1 unspecified atom stereocenters. The van der Waals surface area contributed by atoms with E-state index in [0.29, 0.717) is 16.4 Å². The van der Waals surface area contributed by atoms with Crippen molar-refractivity contribution < 1.29 is 24.4 Å². The quantitative estimate of drug-likeness (QED) is 0.165. The van der Waals surface area contributed by atoms with E-state index in [0.717, 1.165) is 16.0 Å². The molecule has 1 aliphatic rings. The summed E-state index contributed by atoms with van der Waals surface area (Å²) in [5.41, 5.74) is 3.10. The number of nitro groups is 1. The zero-order valence-corrected chi connectivity index (χ0v) is 26.5. The second-order valence-electron chi connectivity index (χ2n) is 12.0. The molecule has 0 saturated carbocycles. The molecular formula is C34H39N3O6S. The number of aliphatic hydroxyl groups excluding tert-OH is 1. The van der Waals surface area contributed by atoms with Gasteiger partial charge >= 0.3 is 6.09 Å². The predicted molar refractivity (Wildman–Crippen MR) is 173 cm³/mol. The molecule has 1 heterocycles. The third kappa shape index (κ3) is 8.06. The Bertz CT molecular complexity index is 1550. The SMILES string of the molecule is CC(C)c1ccccc1-c1ccccc1Sc1ccc(/C=C/C(=O)N2CCN(C(=O)OC(C)(C)C)CC2CO)cc1[N+](=O)[O-]. The molecule has 1 fully saturated rings. The fourth-order valence-corrected chi connectivity index (χ4v) is 6.11. The van der Waals surface area contributed by atoms with Gasteiger partial charge in [-0.25, -0.2) is 4.79 Å². The number of piperazine rings is 1. The number of nitrogens with zero attached hydrogens (tertiary/aromatic N) is 3. The van der Waals surface area contributed by atoms with Crippen LogP contribution in [0, 0.1) is 10.1 Å². The average molecular weight is 618 g/mol. The third-order valence-corrected chi connectivity index (χ3v) is 8.35. The summed E-state index contributed by atoms with van der Waals surface area (Å²) in [6.45, 7) is 9.94. The Morgan fingerprint density at radius 1 is 1.05 bits per heavy atom. The zero-order valence-electron chi connectivity index (χ0n) is 25.7. The van der Waals surface area contributed by atoms with Gasteiger partial charge in [0, 0.05) is 36.7 Å². The van der Waals surface area contributed by atoms with E-state index in [1.807, 2.05) is 36.4 Å². The Balaban J connectivity index is 1.52. The lowest BCUT2D eigenvalue weighted by atomic mass is 9.93. The average Bonchev–Trinajstić information content (AvgIpc) is 2.99. The van der Waals surface area contributed by atoms with Gasteiger partial charge in [0.1, 0.15) is 5.60 Å². The molecule has 44 heavy (non-hydrogen) atoms. The summed E-state index contributed by atoms with van der Waals surface area (Å²) in [6.07, 6.45) is 2.39. The molecule has 2 amide bonds. The van der Waals surface area contributed by atoms with Gasteiger partial charge in [-0.3, -0.25) is 14.9 Å². The molecule has 1 atom stereocenters. The fraction of sp³-hybridized carbons (Fsp3) is 0.353. The molecule has 3 aromatic rings. The number of carbonyl (C=O) groups is 2. The highest BCUT2D eigenvalue weighted by Crippen LogP contribution is 2.42. The topological polar surface area (TPSA) is 113 Å². The summed E-state index contributed by atoms with van der Waals surface area (Å²) in [5.74, 6) is -0.0411. The molecule has 10 heteroatoms. The van der Waals surface area contributed by atoms with Crippen LogP contribution in [-0.2, 0) is 9.53 Å². The summed E-state index contributed by atoms with van der Waals surface area (Å²) in [5, 5.41) is 22.1. The van der Waals surface area contributed by atoms with Crippen LogP contribution in [0.15, 0.2) is 82.6 Å². The van der Waals surface area contributed by atoms with Crippen LogP contribution >= 0.6 is 11.8 Å². The molecule has 0 bridgehead atoms. The van der Waals surface area contributed by atoms with Crippen LogP contribution < -0.4 is 0 Å². The Hall–Kier alpha value is -4.15. The summed E-state index contributed by atoms with van der Waals surface area (Å²) in [7, 11) is 0. The van der Waals surface area contributed by atoms with Gasteiger partial charge in [0.05, 0.1) is 22.5 Å². The fourth-order valence-electron chi connectivity index (χ4n) is 5.07. The number of rotatable bonds is 8. The molecule has 1 N–H and O–H groups in total. The second-order valence-corrected chi connectivity index (χ2v) is 13.0. The van der Waals surface area contributed by atoms with E-state index >= 15 is 0 Å². The highest BCUT2D eigenvalue weighted by Gasteiger charge is 2.33. The molecule has 0 aromatic heterocycles. The monoisotopic (exact) mass is 617 g/mol. The molecular weight excluding hydrogens is 578 g/mol. The number of aliphatic hydroxyl groups is 1. The van der Waals surface area contributed by atoms with E-state index in [9.17, 15) is 24.8 Å². The van der Waals surface area contributed by atoms with Crippen molar-refractivity contribution >= 4 is 35.5 Å². The van der Waals surface area contributed by atoms with E-state index in [4.69, 9.17) is 4.74 Å². The van der Waals surface area contributed by atoms with E-state index in [1.165, 1.54) is 45.3 Å². The Morgan fingerprint density at radius 2 is 1.73 bits per heavy atom. The van der Waals surface area contributed by atoms with Crippen molar-refractivity contribution in [1.82, 2.24) is 9.80 Å². The van der Waals surface area contributed by atoms with Crippen LogP contribution in [0.3, 0.4) is 0 Å². The Labute approximate surface area is 262 Å². The summed E-state index contributed by atoms with van der Waals surface area (Å²) < 4.78 is 5.42. The van der Waals surface area contributed by atoms with Crippen LogP contribution in [0.1, 0.15) is 51.7 Å². The molecule has 0 radical (unpaired) electrons. The number of ether oxygens (including phenoxy) is 1. The van der Waals surface area contributed by atoms with Crippen LogP contribution in [0.4, 0.5) is 10.5 Å². The van der Waals surface area contributed by atoms with Crippen molar-refractivity contribution in [2.24, 2.45) is 0 Å². The van der Waals surface area contributed by atoms with Crippen molar-refractivity contribution in [3.63, 3.8) is 0 Å². The highest BCUT2D eigenvalue weighted by molar-refractivity contribution is 7.99. The minimum absolute atomic E-state index is 0.0595. The first-order chi connectivity index (χ1) is 20.9. The number of hydrogen-bond acceptors (Lipinski definition) is 7. The van der Waals surface area contributed by atoms with Gasteiger partial charge in [0.25, 0.3) is 5.69 Å². The Morgan fingerprint density at radius 3 is 2.39 bits per heavy atom. The molecule has 232 valence electrons. The lowest BCUT2D eigenvalue weighted by Crippen LogP contribution is -2.58. The van der Waals surface area contributed by atoms with E-state index in [-0.39, 0.29) is 37.8 Å². The molecule has 0 aliphatic carbocycles. The van der Waals surface area contributed by atoms with Crippen LogP contribution in [-0.4, -0.2) is 69.7 Å². The smallest absolute Gasteiger partial charge is 0.410 e. The first kappa shape index (κ1) is 32.8. The maximum atomic E-state index is 13.1. The molecule has 3 aromatic carbocycles. The summed E-state index contributed by atoms with van der Waals surface area (Å²) in [6, 6.07) is 20.4. The summed E-state index contributed by atoms with van der Waals surface area (Å²) >= 11 is 1.34. The minimum atomic E-state index is -0.652.